The van der Waals surface area contributed by atoms with Crippen molar-refractivity contribution < 1.29 is 19.2 Å². The van der Waals surface area contributed by atoms with Crippen molar-refractivity contribution in [3.8, 4) is 0 Å². The SMILES string of the molecule is CN1CCc2nc(C(=O)NC(CNC(=O)C(=O)Nc3ccc(Cl)cn3)C(=O)NC(C)(C)C)sc2C1. The average Bonchev–Trinajstić information content (AvgIpc) is 3.19. The van der Waals surface area contributed by atoms with E-state index in [4.69, 9.17) is 11.6 Å². The number of anilines is 1. The van der Waals surface area contributed by atoms with E-state index in [1.54, 1.807) is 20.8 Å². The Hall–Kier alpha value is -3.09. The summed E-state index contributed by atoms with van der Waals surface area (Å²) in [5, 5.41) is 10.8. The summed E-state index contributed by atoms with van der Waals surface area (Å²) in [6.45, 7) is 6.64. The summed E-state index contributed by atoms with van der Waals surface area (Å²) in [5.41, 5.74) is 0.307. The minimum Gasteiger partial charge on any atom is -0.350 e. The molecule has 1 aliphatic rings. The highest BCUT2D eigenvalue weighted by Gasteiger charge is 2.28. The first kappa shape index (κ1) is 26.5. The molecule has 1 aliphatic heterocycles. The molecule has 0 bridgehead atoms. The summed E-state index contributed by atoms with van der Waals surface area (Å²) in [5.74, 6) is -2.85. The van der Waals surface area contributed by atoms with Gasteiger partial charge in [-0.2, -0.15) is 0 Å². The number of hydrogen-bond acceptors (Lipinski definition) is 8. The largest absolute Gasteiger partial charge is 0.350 e. The molecule has 3 heterocycles. The van der Waals surface area contributed by atoms with Gasteiger partial charge < -0.3 is 26.2 Å². The van der Waals surface area contributed by atoms with Crippen LogP contribution in [0.3, 0.4) is 0 Å². The van der Waals surface area contributed by atoms with Gasteiger partial charge in [-0.05, 0) is 40.0 Å². The smallest absolute Gasteiger partial charge is 0.314 e. The van der Waals surface area contributed by atoms with E-state index in [1.807, 2.05) is 7.05 Å². The number of likely N-dealkylation sites (N-methyl/N-ethyl adjacent to an activating group) is 1. The number of nitrogens with zero attached hydrogens (tertiary/aromatic N) is 3. The van der Waals surface area contributed by atoms with Crippen molar-refractivity contribution in [2.24, 2.45) is 0 Å². The number of amides is 4. The Balaban J connectivity index is 1.65. The molecule has 4 N–H and O–H groups in total. The van der Waals surface area contributed by atoms with Crippen molar-refractivity contribution in [3.63, 3.8) is 0 Å². The van der Waals surface area contributed by atoms with Crippen LogP contribution in [0.4, 0.5) is 5.82 Å². The molecule has 0 radical (unpaired) electrons. The van der Waals surface area contributed by atoms with Crippen molar-refractivity contribution in [2.75, 3.05) is 25.5 Å². The second kappa shape index (κ2) is 11.1. The zero-order valence-electron chi connectivity index (χ0n) is 19.9. The summed E-state index contributed by atoms with van der Waals surface area (Å²) in [7, 11) is 2.00. The normalized spacial score (nSPS) is 14.4. The molecule has 3 rings (SSSR count). The lowest BCUT2D eigenvalue weighted by molar-refractivity contribution is -0.136. The lowest BCUT2D eigenvalue weighted by Crippen LogP contribution is -2.56. The predicted molar refractivity (Wildman–Crippen MR) is 132 cm³/mol. The van der Waals surface area contributed by atoms with Crippen LogP contribution >= 0.6 is 22.9 Å². The molecule has 0 fully saturated rings. The summed E-state index contributed by atoms with van der Waals surface area (Å²) in [4.78, 5) is 61.7. The standard InChI is InChI=1S/C22H28ClN7O4S/c1-22(2,3)29-17(31)14(10-25-18(32)19(33)28-16-6-5-12(23)9-24-16)26-20(34)21-27-13-7-8-30(4)11-15(13)35-21/h5-6,9,14H,7-8,10-11H2,1-4H3,(H,25,32)(H,26,34)(H,29,31)(H,24,28,33). The number of thiazole rings is 1. The Morgan fingerprint density at radius 2 is 1.94 bits per heavy atom. The lowest BCUT2D eigenvalue weighted by Gasteiger charge is -2.25. The van der Waals surface area contributed by atoms with Crippen LogP contribution in [0.1, 0.15) is 41.1 Å². The van der Waals surface area contributed by atoms with E-state index in [9.17, 15) is 19.2 Å². The molecule has 1 unspecified atom stereocenters. The zero-order valence-corrected chi connectivity index (χ0v) is 21.5. The summed E-state index contributed by atoms with van der Waals surface area (Å²) in [6, 6.07) is 1.83. The molecule has 2 aromatic heterocycles. The highest BCUT2D eigenvalue weighted by Crippen LogP contribution is 2.24. The van der Waals surface area contributed by atoms with Crippen LogP contribution in [0, 0.1) is 0 Å². The number of nitrogens with one attached hydrogen (secondary N) is 4. The second-order valence-corrected chi connectivity index (χ2v) is 10.7. The van der Waals surface area contributed by atoms with Gasteiger partial charge in [-0.15, -0.1) is 11.3 Å². The number of halogens is 1. The minimum atomic E-state index is -1.13. The molecule has 4 amide bonds. The highest BCUT2D eigenvalue weighted by molar-refractivity contribution is 7.13. The van der Waals surface area contributed by atoms with Gasteiger partial charge >= 0.3 is 11.8 Å². The third-order valence-electron chi connectivity index (χ3n) is 4.88. The van der Waals surface area contributed by atoms with Crippen LogP contribution in [0.2, 0.25) is 5.02 Å². The van der Waals surface area contributed by atoms with Crippen molar-refractivity contribution in [3.05, 3.63) is 38.9 Å². The summed E-state index contributed by atoms with van der Waals surface area (Å²) in [6.07, 6.45) is 2.07. The monoisotopic (exact) mass is 521 g/mol. The fourth-order valence-corrected chi connectivity index (χ4v) is 4.41. The van der Waals surface area contributed by atoms with Crippen molar-refractivity contribution in [2.45, 2.75) is 45.3 Å². The number of pyridine rings is 1. The van der Waals surface area contributed by atoms with E-state index in [-0.39, 0.29) is 17.4 Å². The Morgan fingerprint density at radius 3 is 2.60 bits per heavy atom. The van der Waals surface area contributed by atoms with E-state index < -0.39 is 35.2 Å². The van der Waals surface area contributed by atoms with Crippen LogP contribution in [0.15, 0.2) is 18.3 Å². The lowest BCUT2D eigenvalue weighted by atomic mass is 10.1. The molecule has 0 aliphatic carbocycles. The third-order valence-corrected chi connectivity index (χ3v) is 6.18. The van der Waals surface area contributed by atoms with Crippen LogP contribution in [-0.4, -0.2) is 70.2 Å². The van der Waals surface area contributed by atoms with Gasteiger partial charge in [-0.1, -0.05) is 11.6 Å². The van der Waals surface area contributed by atoms with E-state index in [2.05, 4.69) is 36.1 Å². The molecule has 2 aromatic rings. The molecule has 1 atom stereocenters. The molecule has 11 nitrogen and oxygen atoms in total. The van der Waals surface area contributed by atoms with Gasteiger partial charge in [0.2, 0.25) is 5.91 Å². The van der Waals surface area contributed by atoms with E-state index in [0.29, 0.717) is 11.6 Å². The number of hydrogen-bond donors (Lipinski definition) is 4. The first-order chi connectivity index (χ1) is 16.4. The van der Waals surface area contributed by atoms with E-state index >= 15 is 0 Å². The summed E-state index contributed by atoms with van der Waals surface area (Å²) < 4.78 is 0. The maximum Gasteiger partial charge on any atom is 0.314 e. The zero-order chi connectivity index (χ0) is 25.8. The van der Waals surface area contributed by atoms with Crippen molar-refractivity contribution >= 4 is 52.4 Å². The van der Waals surface area contributed by atoms with Crippen molar-refractivity contribution in [1.82, 2.24) is 30.8 Å². The Bertz CT molecular complexity index is 1110. The minimum absolute atomic E-state index is 0.142. The number of fused-ring (bicyclic) bond motifs is 1. The van der Waals surface area contributed by atoms with Gasteiger partial charge in [0.05, 0.1) is 10.7 Å². The van der Waals surface area contributed by atoms with Gasteiger partial charge in [0.15, 0.2) is 5.01 Å². The Kier molecular flexibility index (Phi) is 8.41. The molecule has 0 saturated carbocycles. The molecule has 0 aromatic carbocycles. The number of aromatic nitrogens is 2. The van der Waals surface area contributed by atoms with Crippen LogP contribution in [0.25, 0.3) is 0 Å². The van der Waals surface area contributed by atoms with Crippen LogP contribution in [0.5, 0.6) is 0 Å². The number of carbonyl (C=O) groups is 4. The van der Waals surface area contributed by atoms with E-state index in [1.165, 1.54) is 29.7 Å². The van der Waals surface area contributed by atoms with Gasteiger partial charge in [0.25, 0.3) is 5.91 Å². The predicted octanol–water partition coefficient (Wildman–Crippen LogP) is 0.947. The third kappa shape index (κ3) is 7.70. The second-order valence-electron chi connectivity index (χ2n) is 9.17. The molecular formula is C22H28ClN7O4S. The number of rotatable bonds is 6. The topological polar surface area (TPSA) is 145 Å². The maximum absolute atomic E-state index is 12.9. The molecule has 0 spiro atoms. The van der Waals surface area contributed by atoms with Gasteiger partial charge in [0, 0.05) is 42.7 Å². The van der Waals surface area contributed by atoms with Crippen LogP contribution in [-0.2, 0) is 27.3 Å². The molecule has 0 saturated heterocycles. The molecular weight excluding hydrogens is 494 g/mol. The Labute approximate surface area is 212 Å². The maximum atomic E-state index is 12.9. The number of carbonyl (C=O) groups excluding carboxylic acids is 4. The average molecular weight is 522 g/mol. The van der Waals surface area contributed by atoms with Crippen LogP contribution < -0.4 is 21.3 Å². The van der Waals surface area contributed by atoms with E-state index in [0.717, 1.165) is 23.5 Å². The Morgan fingerprint density at radius 1 is 1.20 bits per heavy atom. The first-order valence-corrected chi connectivity index (χ1v) is 12.1. The quantitative estimate of drug-likeness (QED) is 0.414. The highest BCUT2D eigenvalue weighted by atomic mass is 35.5. The fraction of sp³-hybridized carbons (Fsp3) is 0.455. The molecule has 35 heavy (non-hydrogen) atoms. The van der Waals surface area contributed by atoms with Gasteiger partial charge in [-0.25, -0.2) is 9.97 Å². The molecule has 188 valence electrons. The van der Waals surface area contributed by atoms with Crippen molar-refractivity contribution in [1.29, 1.82) is 0 Å². The molecule has 13 heteroatoms. The fourth-order valence-electron chi connectivity index (χ4n) is 3.20. The van der Waals surface area contributed by atoms with Gasteiger partial charge in [-0.3, -0.25) is 19.2 Å². The first-order valence-electron chi connectivity index (χ1n) is 10.9. The van der Waals surface area contributed by atoms with Gasteiger partial charge in [0.1, 0.15) is 11.9 Å². The summed E-state index contributed by atoms with van der Waals surface area (Å²) >= 11 is 7.04.